The molecule has 0 radical (unpaired) electrons. The maximum Gasteiger partial charge on any atom is 0.417 e. The second-order valence-electron chi connectivity index (χ2n) is 4.31. The van der Waals surface area contributed by atoms with Crippen LogP contribution in [0.1, 0.15) is 6.92 Å². The van der Waals surface area contributed by atoms with Gasteiger partial charge in [-0.15, -0.1) is 23.2 Å². The number of hydrogen-bond donors (Lipinski definition) is 1. The van der Waals surface area contributed by atoms with Crippen LogP contribution in [0.5, 0.6) is 0 Å². The largest absolute Gasteiger partial charge is 0.473 e. The summed E-state index contributed by atoms with van der Waals surface area (Å²) in [5.41, 5.74) is 0. The van der Waals surface area contributed by atoms with Gasteiger partial charge >= 0.3 is 11.9 Å². The molecule has 0 bridgehead atoms. The Bertz CT molecular complexity index is 353. The van der Waals surface area contributed by atoms with E-state index in [0.29, 0.717) is 25.7 Å². The summed E-state index contributed by atoms with van der Waals surface area (Å²) in [6.07, 6.45) is -1.19. The third-order valence-corrected chi connectivity index (χ3v) is 4.28. The van der Waals surface area contributed by atoms with Crippen molar-refractivity contribution in [2.45, 2.75) is 17.4 Å². The molecule has 2 atom stereocenters. The summed E-state index contributed by atoms with van der Waals surface area (Å²) in [6.45, 7) is 2.91. The lowest BCUT2D eigenvalue weighted by molar-refractivity contribution is -0.167. The van der Waals surface area contributed by atoms with Crippen LogP contribution >= 0.6 is 46.4 Å². The second-order valence-corrected chi connectivity index (χ2v) is 6.44. The third kappa shape index (κ3) is 8.04. The first-order valence-electron chi connectivity index (χ1n) is 6.36. The van der Waals surface area contributed by atoms with Crippen LogP contribution in [0.4, 0.5) is 0 Å². The van der Waals surface area contributed by atoms with E-state index in [0.717, 1.165) is 0 Å². The van der Waals surface area contributed by atoms with Gasteiger partial charge in [0.2, 0.25) is 0 Å². The fourth-order valence-corrected chi connectivity index (χ4v) is 2.30. The van der Waals surface area contributed by atoms with Crippen molar-refractivity contribution in [3.8, 4) is 0 Å². The molecule has 0 heterocycles. The van der Waals surface area contributed by atoms with Gasteiger partial charge in [0.15, 0.2) is 4.33 Å². The Balaban J connectivity index is 4.35. The smallest absolute Gasteiger partial charge is 0.417 e. The first-order chi connectivity index (χ1) is 10.3. The molecular weight excluding hydrogens is 382 g/mol. The number of carbonyl (C=O) groups excluding carboxylic acids is 1. The summed E-state index contributed by atoms with van der Waals surface area (Å²) >= 11 is 23.4. The van der Waals surface area contributed by atoms with Crippen molar-refractivity contribution in [2.75, 3.05) is 38.2 Å². The van der Waals surface area contributed by atoms with Gasteiger partial charge in [-0.05, 0) is 0 Å². The van der Waals surface area contributed by atoms with E-state index in [4.69, 9.17) is 61.0 Å². The lowest BCUT2D eigenvalue weighted by atomic mass is 10.0. The molecule has 0 aliphatic rings. The lowest BCUT2D eigenvalue weighted by Crippen LogP contribution is -2.44. The van der Waals surface area contributed by atoms with Crippen molar-refractivity contribution in [1.82, 2.24) is 0 Å². The highest BCUT2D eigenvalue weighted by molar-refractivity contribution is 6.49. The van der Waals surface area contributed by atoms with E-state index in [9.17, 15) is 9.59 Å². The number of alkyl halides is 4. The molecule has 0 spiro atoms. The SMILES string of the molecule is CC(COCCOCCCl)C(Cl)(Cl)C(CCl)OC(=O)C(=O)O. The highest BCUT2D eigenvalue weighted by Gasteiger charge is 2.43. The van der Waals surface area contributed by atoms with E-state index in [1.807, 2.05) is 0 Å². The Morgan fingerprint density at radius 3 is 2.23 bits per heavy atom. The van der Waals surface area contributed by atoms with Crippen molar-refractivity contribution < 1.29 is 28.9 Å². The Hall–Kier alpha value is 0.0200. The van der Waals surface area contributed by atoms with Gasteiger partial charge in [-0.3, -0.25) is 0 Å². The highest BCUT2D eigenvalue weighted by atomic mass is 35.5. The predicted octanol–water partition coefficient (Wildman–Crippen LogP) is 2.30. The number of carbonyl (C=O) groups is 2. The van der Waals surface area contributed by atoms with E-state index in [2.05, 4.69) is 4.74 Å². The molecule has 0 aromatic carbocycles. The van der Waals surface area contributed by atoms with Gasteiger partial charge in [0.05, 0.1) is 32.3 Å². The molecule has 0 aliphatic carbocycles. The molecule has 2 unspecified atom stereocenters. The van der Waals surface area contributed by atoms with Gasteiger partial charge in [0.25, 0.3) is 0 Å². The number of rotatable bonds is 11. The average Bonchev–Trinajstić information content (AvgIpc) is 2.47. The summed E-state index contributed by atoms with van der Waals surface area (Å²) in [7, 11) is 0. The molecule has 0 fully saturated rings. The summed E-state index contributed by atoms with van der Waals surface area (Å²) in [5, 5.41) is 8.52. The zero-order valence-corrected chi connectivity index (χ0v) is 14.9. The zero-order valence-electron chi connectivity index (χ0n) is 11.9. The van der Waals surface area contributed by atoms with Crippen LogP contribution in [0.2, 0.25) is 0 Å². The van der Waals surface area contributed by atoms with Gasteiger partial charge < -0.3 is 19.3 Å². The normalized spacial score (nSPS) is 14.4. The summed E-state index contributed by atoms with van der Waals surface area (Å²) < 4.78 is 13.5. The monoisotopic (exact) mass is 398 g/mol. The van der Waals surface area contributed by atoms with Crippen LogP contribution in [0, 0.1) is 5.92 Å². The van der Waals surface area contributed by atoms with Crippen LogP contribution in [0.3, 0.4) is 0 Å². The highest BCUT2D eigenvalue weighted by Crippen LogP contribution is 2.36. The van der Waals surface area contributed by atoms with Crippen molar-refractivity contribution in [3.05, 3.63) is 0 Å². The number of carboxylic acid groups (broad SMARTS) is 1. The molecule has 0 amide bonds. The first kappa shape index (κ1) is 22.0. The standard InChI is InChI=1S/C12H18Cl4O6/c1-8(7-21-5-4-20-3-2-13)12(15,16)9(6-14)22-11(19)10(17)18/h8-9H,2-7H2,1H3,(H,17,18). The van der Waals surface area contributed by atoms with E-state index < -0.39 is 28.3 Å². The fourth-order valence-electron chi connectivity index (χ4n) is 1.36. The van der Waals surface area contributed by atoms with Crippen LogP contribution in [-0.2, 0) is 23.8 Å². The summed E-state index contributed by atoms with van der Waals surface area (Å²) in [4.78, 5) is 21.6. The van der Waals surface area contributed by atoms with E-state index in [1.165, 1.54) is 0 Å². The number of aliphatic carboxylic acids is 1. The van der Waals surface area contributed by atoms with Gasteiger partial charge in [-0.2, -0.15) is 0 Å². The Labute approximate surface area is 148 Å². The van der Waals surface area contributed by atoms with E-state index >= 15 is 0 Å². The molecule has 0 aliphatic heterocycles. The van der Waals surface area contributed by atoms with Crippen LogP contribution in [0.25, 0.3) is 0 Å². The Morgan fingerprint density at radius 1 is 1.14 bits per heavy atom. The summed E-state index contributed by atoms with van der Waals surface area (Å²) in [6, 6.07) is 0. The Kier molecular flexibility index (Phi) is 11.6. The van der Waals surface area contributed by atoms with E-state index in [-0.39, 0.29) is 12.5 Å². The molecule has 1 N–H and O–H groups in total. The summed E-state index contributed by atoms with van der Waals surface area (Å²) in [5.74, 6) is -3.56. The molecule has 6 nitrogen and oxygen atoms in total. The fraction of sp³-hybridized carbons (Fsp3) is 0.833. The maximum atomic E-state index is 11.1. The van der Waals surface area contributed by atoms with E-state index in [1.54, 1.807) is 6.92 Å². The molecule has 22 heavy (non-hydrogen) atoms. The van der Waals surface area contributed by atoms with Gasteiger partial charge in [-0.1, -0.05) is 30.1 Å². The van der Waals surface area contributed by atoms with Crippen molar-refractivity contribution in [1.29, 1.82) is 0 Å². The molecule has 0 saturated heterocycles. The maximum absolute atomic E-state index is 11.1. The minimum Gasteiger partial charge on any atom is -0.473 e. The molecule has 0 rings (SSSR count). The number of hydrogen-bond acceptors (Lipinski definition) is 5. The molecule has 0 aromatic rings. The Morgan fingerprint density at radius 2 is 1.73 bits per heavy atom. The molecule has 130 valence electrons. The van der Waals surface area contributed by atoms with Gasteiger partial charge in [0, 0.05) is 11.8 Å². The molecule has 0 saturated carbocycles. The van der Waals surface area contributed by atoms with Crippen LogP contribution < -0.4 is 0 Å². The predicted molar refractivity (Wildman–Crippen MR) is 84.2 cm³/mol. The van der Waals surface area contributed by atoms with Crippen molar-refractivity contribution in [3.63, 3.8) is 0 Å². The molecule has 0 aromatic heterocycles. The topological polar surface area (TPSA) is 82.1 Å². The van der Waals surface area contributed by atoms with Gasteiger partial charge in [-0.25, -0.2) is 9.59 Å². The minimum absolute atomic E-state index is 0.148. The number of carboxylic acids is 1. The third-order valence-electron chi connectivity index (χ3n) is 2.61. The molecular formula is C12H18Cl4O6. The zero-order chi connectivity index (χ0) is 17.2. The number of halogens is 4. The van der Waals surface area contributed by atoms with Crippen molar-refractivity contribution in [2.24, 2.45) is 5.92 Å². The average molecular weight is 400 g/mol. The quantitative estimate of drug-likeness (QED) is 0.248. The minimum atomic E-state index is -1.75. The first-order valence-corrected chi connectivity index (χ1v) is 8.19. The molecule has 10 heteroatoms. The lowest BCUT2D eigenvalue weighted by Gasteiger charge is -2.32. The van der Waals surface area contributed by atoms with Crippen LogP contribution in [0.15, 0.2) is 0 Å². The van der Waals surface area contributed by atoms with Gasteiger partial charge in [0.1, 0.15) is 6.10 Å². The van der Waals surface area contributed by atoms with Crippen LogP contribution in [-0.4, -0.2) is 65.7 Å². The number of esters is 1. The second kappa shape index (κ2) is 11.5. The number of ether oxygens (including phenoxy) is 3. The van der Waals surface area contributed by atoms with Crippen molar-refractivity contribution >= 4 is 58.3 Å².